The van der Waals surface area contributed by atoms with Gasteiger partial charge in [-0.1, -0.05) is 0 Å². The third kappa shape index (κ3) is 4.62. The third-order valence-corrected chi connectivity index (χ3v) is 3.66. The van der Waals surface area contributed by atoms with Crippen LogP contribution in [-0.4, -0.2) is 51.1 Å². The molecule has 1 heterocycles. The highest BCUT2D eigenvalue weighted by atomic mass is 19.1. The van der Waals surface area contributed by atoms with Crippen LogP contribution < -0.4 is 4.74 Å². The Morgan fingerprint density at radius 1 is 1.19 bits per heavy atom. The van der Waals surface area contributed by atoms with Gasteiger partial charge >= 0.3 is 0 Å². The molecule has 118 valence electrons. The molecule has 1 fully saturated rings. The Morgan fingerprint density at radius 3 is 2.43 bits per heavy atom. The first-order valence-corrected chi connectivity index (χ1v) is 7.02. The first-order valence-electron chi connectivity index (χ1n) is 7.02. The summed E-state index contributed by atoms with van der Waals surface area (Å²) < 4.78 is 42.3. The predicted octanol–water partition coefficient (Wildman–Crippen LogP) is 2.43. The van der Waals surface area contributed by atoms with Crippen LogP contribution in [0.15, 0.2) is 18.2 Å². The number of rotatable bonds is 6. The molecule has 1 aromatic rings. The van der Waals surface area contributed by atoms with Crippen LogP contribution in [0.4, 0.5) is 8.78 Å². The molecular weight excluding hydrogens is 280 g/mol. The van der Waals surface area contributed by atoms with Crippen molar-refractivity contribution in [1.29, 1.82) is 0 Å². The zero-order chi connectivity index (χ0) is 15.2. The number of ether oxygens (including phenoxy) is 3. The minimum atomic E-state index is -0.656. The van der Waals surface area contributed by atoms with Gasteiger partial charge in [-0.15, -0.1) is 0 Å². The summed E-state index contributed by atoms with van der Waals surface area (Å²) in [7, 11) is 3.22. The normalized spacial score (nSPS) is 17.4. The van der Waals surface area contributed by atoms with Gasteiger partial charge in [0, 0.05) is 39.9 Å². The van der Waals surface area contributed by atoms with Crippen molar-refractivity contribution in [1.82, 2.24) is 4.90 Å². The maximum atomic E-state index is 13.5. The van der Waals surface area contributed by atoms with Gasteiger partial charge in [-0.2, -0.15) is 0 Å². The van der Waals surface area contributed by atoms with Crippen molar-refractivity contribution in [3.05, 3.63) is 29.8 Å². The van der Waals surface area contributed by atoms with Crippen LogP contribution in [0.5, 0.6) is 5.75 Å². The molecular formula is C15H21F2NO3. The van der Waals surface area contributed by atoms with Gasteiger partial charge in [0.15, 0.2) is 17.9 Å². The van der Waals surface area contributed by atoms with Gasteiger partial charge in [0.1, 0.15) is 11.9 Å². The van der Waals surface area contributed by atoms with Crippen LogP contribution in [0.2, 0.25) is 0 Å². The number of likely N-dealkylation sites (tertiary alicyclic amines) is 1. The monoisotopic (exact) mass is 301 g/mol. The molecule has 0 amide bonds. The van der Waals surface area contributed by atoms with E-state index in [0.29, 0.717) is 6.54 Å². The van der Waals surface area contributed by atoms with Gasteiger partial charge in [0.25, 0.3) is 0 Å². The summed E-state index contributed by atoms with van der Waals surface area (Å²) in [6, 6.07) is 3.38. The van der Waals surface area contributed by atoms with Crippen molar-refractivity contribution < 1.29 is 23.0 Å². The highest BCUT2D eigenvalue weighted by Crippen LogP contribution is 2.23. The highest BCUT2D eigenvalue weighted by Gasteiger charge is 2.23. The van der Waals surface area contributed by atoms with Crippen molar-refractivity contribution in [2.75, 3.05) is 33.9 Å². The maximum Gasteiger partial charge on any atom is 0.169 e. The molecule has 6 heteroatoms. The molecule has 0 radical (unpaired) electrons. The van der Waals surface area contributed by atoms with Crippen molar-refractivity contribution in [3.63, 3.8) is 0 Å². The second kappa shape index (κ2) is 7.68. The number of nitrogens with zero attached hydrogens (tertiary/aromatic N) is 1. The lowest BCUT2D eigenvalue weighted by atomic mass is 10.1. The van der Waals surface area contributed by atoms with E-state index in [0.717, 1.165) is 32.0 Å². The van der Waals surface area contributed by atoms with Crippen LogP contribution >= 0.6 is 0 Å². The van der Waals surface area contributed by atoms with Gasteiger partial charge in [0.05, 0.1) is 0 Å². The molecule has 21 heavy (non-hydrogen) atoms. The molecule has 2 rings (SSSR count). The first-order chi connectivity index (χ1) is 10.1. The molecule has 0 saturated carbocycles. The lowest BCUT2D eigenvalue weighted by molar-refractivity contribution is -0.119. The summed E-state index contributed by atoms with van der Waals surface area (Å²) in [4.78, 5) is 2.22. The zero-order valence-electron chi connectivity index (χ0n) is 12.4. The summed E-state index contributed by atoms with van der Waals surface area (Å²) in [5.74, 6) is -1.14. The van der Waals surface area contributed by atoms with Gasteiger partial charge in [-0.05, 0) is 25.0 Å². The van der Waals surface area contributed by atoms with Crippen LogP contribution in [0.1, 0.15) is 12.8 Å². The van der Waals surface area contributed by atoms with E-state index in [2.05, 4.69) is 4.90 Å². The van der Waals surface area contributed by atoms with Crippen LogP contribution in [0.3, 0.4) is 0 Å². The number of methoxy groups -OCH3 is 2. The molecule has 1 aromatic carbocycles. The average molecular weight is 301 g/mol. The second-order valence-corrected chi connectivity index (χ2v) is 5.09. The molecule has 0 unspecified atom stereocenters. The number of piperidine rings is 1. The van der Waals surface area contributed by atoms with Gasteiger partial charge in [0.2, 0.25) is 0 Å². The predicted molar refractivity (Wildman–Crippen MR) is 74.3 cm³/mol. The van der Waals surface area contributed by atoms with E-state index in [9.17, 15) is 8.78 Å². The molecule has 1 aliphatic heterocycles. The molecule has 0 N–H and O–H groups in total. The van der Waals surface area contributed by atoms with Gasteiger partial charge in [-0.25, -0.2) is 8.78 Å². The Kier molecular flexibility index (Phi) is 5.90. The van der Waals surface area contributed by atoms with Gasteiger partial charge in [-0.3, -0.25) is 4.90 Å². The van der Waals surface area contributed by atoms with Crippen molar-refractivity contribution in [3.8, 4) is 5.75 Å². The number of benzene rings is 1. The van der Waals surface area contributed by atoms with Crippen LogP contribution in [-0.2, 0) is 9.47 Å². The number of halogens is 2. The quantitative estimate of drug-likeness (QED) is 0.755. The molecule has 0 aromatic heterocycles. The van der Waals surface area contributed by atoms with Crippen LogP contribution in [0.25, 0.3) is 0 Å². The summed E-state index contributed by atoms with van der Waals surface area (Å²) in [6.45, 7) is 2.36. The number of hydrogen-bond acceptors (Lipinski definition) is 4. The summed E-state index contributed by atoms with van der Waals surface area (Å²) >= 11 is 0. The Labute approximate surface area is 123 Å². The lowest BCUT2D eigenvalue weighted by Crippen LogP contribution is -2.42. The molecule has 4 nitrogen and oxygen atoms in total. The maximum absolute atomic E-state index is 13.5. The van der Waals surface area contributed by atoms with E-state index in [1.807, 2.05) is 0 Å². The fourth-order valence-corrected chi connectivity index (χ4v) is 2.42. The van der Waals surface area contributed by atoms with E-state index < -0.39 is 11.6 Å². The van der Waals surface area contributed by atoms with E-state index in [1.165, 1.54) is 12.1 Å². The lowest BCUT2D eigenvalue weighted by Gasteiger charge is -2.33. The number of hydrogen-bond donors (Lipinski definition) is 0. The smallest absolute Gasteiger partial charge is 0.169 e. The Bertz CT molecular complexity index is 447. The topological polar surface area (TPSA) is 30.9 Å². The fourth-order valence-electron chi connectivity index (χ4n) is 2.42. The SMILES string of the molecule is COC(CN1CCC(Oc2ccc(F)cc2F)CC1)OC. The summed E-state index contributed by atoms with van der Waals surface area (Å²) in [6.07, 6.45) is 1.29. The minimum absolute atomic E-state index is 0.0512. The fraction of sp³-hybridized carbons (Fsp3) is 0.600. The van der Waals surface area contributed by atoms with Gasteiger partial charge < -0.3 is 14.2 Å². The summed E-state index contributed by atoms with van der Waals surface area (Å²) in [5.41, 5.74) is 0. The zero-order valence-corrected chi connectivity index (χ0v) is 12.4. The van der Waals surface area contributed by atoms with E-state index in [-0.39, 0.29) is 18.1 Å². The second-order valence-electron chi connectivity index (χ2n) is 5.09. The first kappa shape index (κ1) is 16.1. The Balaban J connectivity index is 1.81. The average Bonchev–Trinajstić information content (AvgIpc) is 2.49. The molecule has 0 spiro atoms. The van der Waals surface area contributed by atoms with Crippen LogP contribution in [0, 0.1) is 11.6 Å². The molecule has 1 aliphatic rings. The standard InChI is InChI=1S/C15H21F2NO3/c1-19-15(20-2)10-18-7-5-12(6-8-18)21-14-4-3-11(16)9-13(14)17/h3-4,9,12,15H,5-8,10H2,1-2H3. The van der Waals surface area contributed by atoms with Crippen molar-refractivity contribution in [2.24, 2.45) is 0 Å². The summed E-state index contributed by atoms with van der Waals surface area (Å²) in [5, 5.41) is 0. The molecule has 0 bridgehead atoms. The van der Waals surface area contributed by atoms with Crippen molar-refractivity contribution >= 4 is 0 Å². The Morgan fingerprint density at radius 2 is 1.86 bits per heavy atom. The minimum Gasteiger partial charge on any atom is -0.487 e. The highest BCUT2D eigenvalue weighted by molar-refractivity contribution is 5.25. The Hall–Kier alpha value is -1.24. The van der Waals surface area contributed by atoms with E-state index in [1.54, 1.807) is 14.2 Å². The molecule has 0 aliphatic carbocycles. The van der Waals surface area contributed by atoms with Crippen molar-refractivity contribution in [2.45, 2.75) is 25.2 Å². The van der Waals surface area contributed by atoms with E-state index in [4.69, 9.17) is 14.2 Å². The third-order valence-electron chi connectivity index (χ3n) is 3.66. The van der Waals surface area contributed by atoms with E-state index >= 15 is 0 Å². The molecule has 1 saturated heterocycles. The largest absolute Gasteiger partial charge is 0.487 e. The molecule has 0 atom stereocenters.